The quantitative estimate of drug-likeness (QED) is 0.331. The summed E-state index contributed by atoms with van der Waals surface area (Å²) in [6, 6.07) is 8.44. The van der Waals surface area contributed by atoms with Gasteiger partial charge >= 0.3 is 0 Å². The normalized spacial score (nSPS) is 19.2. The molecule has 0 bridgehead atoms. The lowest BCUT2D eigenvalue weighted by molar-refractivity contribution is -0.116. The smallest absolute Gasteiger partial charge is 0.224 e. The number of halogens is 1. The molecule has 140 valence electrons. The van der Waals surface area contributed by atoms with Gasteiger partial charge in [0.15, 0.2) is 5.96 Å². The Bertz CT molecular complexity index is 589. The first-order chi connectivity index (χ1) is 11.5. The molecular formula is C19H31IN4O. The van der Waals surface area contributed by atoms with Crippen LogP contribution in [-0.2, 0) is 11.3 Å². The molecule has 0 spiro atoms. The summed E-state index contributed by atoms with van der Waals surface area (Å²) < 4.78 is 0. The topological polar surface area (TPSA) is 65.5 Å². The maximum atomic E-state index is 11.9. The number of carbonyl (C=O) groups excluding carboxylic acids is 1. The lowest BCUT2D eigenvalue weighted by atomic mass is 10.1. The SMILES string of the molecule is CCNC(=NCc1cccc(NC(=O)CC(C)C)c1)NC1CC1C.I. The standard InChI is InChI=1S/C19H30N4O.HI/c1-5-20-19(23-17-10-14(17)4)21-12-15-7-6-8-16(11-15)22-18(24)9-13(2)3;/h6-8,11,13-14,17H,5,9-10,12H2,1-4H3,(H,22,24)(H2,20,21,23);1H. The molecule has 2 unspecified atom stereocenters. The fraction of sp³-hybridized carbons (Fsp3) is 0.579. The van der Waals surface area contributed by atoms with Crippen molar-refractivity contribution in [2.45, 2.75) is 53.1 Å². The van der Waals surface area contributed by atoms with E-state index in [-0.39, 0.29) is 29.9 Å². The van der Waals surface area contributed by atoms with Crippen LogP contribution in [0.4, 0.5) is 5.69 Å². The summed E-state index contributed by atoms with van der Waals surface area (Å²) in [4.78, 5) is 16.5. The highest BCUT2D eigenvalue weighted by atomic mass is 127. The van der Waals surface area contributed by atoms with Gasteiger partial charge in [0.2, 0.25) is 5.91 Å². The predicted octanol–water partition coefficient (Wildman–Crippen LogP) is 3.75. The van der Waals surface area contributed by atoms with Crippen LogP contribution in [0.2, 0.25) is 0 Å². The first-order valence-electron chi connectivity index (χ1n) is 8.91. The van der Waals surface area contributed by atoms with Crippen molar-refractivity contribution < 1.29 is 4.79 Å². The van der Waals surface area contributed by atoms with Gasteiger partial charge in [-0.3, -0.25) is 4.79 Å². The fourth-order valence-electron chi connectivity index (χ4n) is 2.52. The molecule has 5 nitrogen and oxygen atoms in total. The Labute approximate surface area is 168 Å². The molecular weight excluding hydrogens is 427 g/mol. The van der Waals surface area contributed by atoms with Gasteiger partial charge in [-0.05, 0) is 42.9 Å². The van der Waals surface area contributed by atoms with Gasteiger partial charge in [-0.15, -0.1) is 24.0 Å². The van der Waals surface area contributed by atoms with E-state index in [2.05, 4.69) is 34.8 Å². The van der Waals surface area contributed by atoms with Crippen molar-refractivity contribution in [3.05, 3.63) is 29.8 Å². The largest absolute Gasteiger partial charge is 0.357 e. The summed E-state index contributed by atoms with van der Waals surface area (Å²) in [6.07, 6.45) is 1.75. The van der Waals surface area contributed by atoms with Gasteiger partial charge in [0.25, 0.3) is 0 Å². The Balaban J connectivity index is 0.00000312. The number of nitrogens with zero attached hydrogens (tertiary/aromatic N) is 1. The fourth-order valence-corrected chi connectivity index (χ4v) is 2.52. The second-order valence-corrected chi connectivity index (χ2v) is 7.01. The van der Waals surface area contributed by atoms with Crippen molar-refractivity contribution >= 4 is 41.5 Å². The van der Waals surface area contributed by atoms with Crippen molar-refractivity contribution in [3.8, 4) is 0 Å². The van der Waals surface area contributed by atoms with Crippen molar-refractivity contribution in [3.63, 3.8) is 0 Å². The van der Waals surface area contributed by atoms with E-state index in [1.54, 1.807) is 0 Å². The molecule has 3 N–H and O–H groups in total. The molecule has 1 aliphatic rings. The van der Waals surface area contributed by atoms with Gasteiger partial charge in [0.1, 0.15) is 0 Å². The summed E-state index contributed by atoms with van der Waals surface area (Å²) in [5.74, 6) is 2.01. The van der Waals surface area contributed by atoms with Crippen LogP contribution in [0.1, 0.15) is 46.1 Å². The molecule has 1 saturated carbocycles. The van der Waals surface area contributed by atoms with E-state index in [0.717, 1.165) is 29.7 Å². The van der Waals surface area contributed by atoms with E-state index >= 15 is 0 Å². The Morgan fingerprint density at radius 1 is 1.36 bits per heavy atom. The molecule has 25 heavy (non-hydrogen) atoms. The second-order valence-electron chi connectivity index (χ2n) is 7.01. The number of guanidine groups is 1. The number of nitrogens with one attached hydrogen (secondary N) is 3. The molecule has 1 fully saturated rings. The monoisotopic (exact) mass is 458 g/mol. The maximum Gasteiger partial charge on any atom is 0.224 e. The first kappa shape index (κ1) is 21.7. The van der Waals surface area contributed by atoms with Crippen LogP contribution in [0.5, 0.6) is 0 Å². The molecule has 0 radical (unpaired) electrons. The van der Waals surface area contributed by atoms with Crippen molar-refractivity contribution in [2.75, 3.05) is 11.9 Å². The lowest BCUT2D eigenvalue weighted by Crippen LogP contribution is -2.39. The third-order valence-corrected chi connectivity index (χ3v) is 4.00. The highest BCUT2D eigenvalue weighted by Crippen LogP contribution is 2.28. The summed E-state index contributed by atoms with van der Waals surface area (Å²) in [5.41, 5.74) is 1.92. The molecule has 0 heterocycles. The Hall–Kier alpha value is -1.31. The predicted molar refractivity (Wildman–Crippen MR) is 115 cm³/mol. The van der Waals surface area contributed by atoms with Crippen LogP contribution in [-0.4, -0.2) is 24.5 Å². The highest BCUT2D eigenvalue weighted by Gasteiger charge is 2.33. The first-order valence-corrected chi connectivity index (χ1v) is 8.91. The van der Waals surface area contributed by atoms with Crippen LogP contribution in [0.25, 0.3) is 0 Å². The number of hydrogen-bond donors (Lipinski definition) is 3. The number of aliphatic imine (C=N–C) groups is 1. The summed E-state index contributed by atoms with van der Waals surface area (Å²) >= 11 is 0. The number of anilines is 1. The van der Waals surface area contributed by atoms with Crippen molar-refractivity contribution in [1.29, 1.82) is 0 Å². The van der Waals surface area contributed by atoms with Gasteiger partial charge in [-0.1, -0.05) is 32.9 Å². The molecule has 0 aliphatic heterocycles. The molecule has 2 atom stereocenters. The molecule has 1 aliphatic carbocycles. The van der Waals surface area contributed by atoms with Crippen molar-refractivity contribution in [2.24, 2.45) is 16.8 Å². The Morgan fingerprint density at radius 3 is 2.68 bits per heavy atom. The minimum absolute atomic E-state index is 0. The zero-order valence-corrected chi connectivity index (χ0v) is 18.0. The number of amides is 1. The molecule has 1 amide bonds. The lowest BCUT2D eigenvalue weighted by Gasteiger charge is -2.11. The van der Waals surface area contributed by atoms with Crippen LogP contribution >= 0.6 is 24.0 Å². The Morgan fingerprint density at radius 2 is 2.08 bits per heavy atom. The summed E-state index contributed by atoms with van der Waals surface area (Å²) in [5, 5.41) is 9.69. The van der Waals surface area contributed by atoms with Crippen molar-refractivity contribution in [1.82, 2.24) is 10.6 Å². The van der Waals surface area contributed by atoms with Crippen LogP contribution < -0.4 is 16.0 Å². The van der Waals surface area contributed by atoms with Gasteiger partial charge in [-0.25, -0.2) is 4.99 Å². The van der Waals surface area contributed by atoms with Crippen LogP contribution in [0.3, 0.4) is 0 Å². The molecule has 6 heteroatoms. The minimum Gasteiger partial charge on any atom is -0.357 e. The number of carbonyl (C=O) groups is 1. The maximum absolute atomic E-state index is 11.9. The molecule has 0 saturated heterocycles. The van der Waals surface area contributed by atoms with E-state index < -0.39 is 0 Å². The number of benzene rings is 1. The van der Waals surface area contributed by atoms with Gasteiger partial charge in [0, 0.05) is 24.7 Å². The zero-order chi connectivity index (χ0) is 17.5. The molecule has 1 aromatic carbocycles. The zero-order valence-electron chi connectivity index (χ0n) is 15.6. The third-order valence-electron chi connectivity index (χ3n) is 4.00. The molecule has 0 aromatic heterocycles. The van der Waals surface area contributed by atoms with E-state index in [1.165, 1.54) is 6.42 Å². The van der Waals surface area contributed by atoms with Crippen LogP contribution in [0.15, 0.2) is 29.3 Å². The van der Waals surface area contributed by atoms with E-state index in [4.69, 9.17) is 0 Å². The Kier molecular flexibility index (Phi) is 9.24. The minimum atomic E-state index is 0. The molecule has 2 rings (SSSR count). The average molecular weight is 458 g/mol. The second kappa shape index (κ2) is 10.6. The van der Waals surface area contributed by atoms with Gasteiger partial charge in [-0.2, -0.15) is 0 Å². The van der Waals surface area contributed by atoms with Gasteiger partial charge in [0.05, 0.1) is 6.54 Å². The number of hydrogen-bond acceptors (Lipinski definition) is 2. The third kappa shape index (κ3) is 8.07. The van der Waals surface area contributed by atoms with Crippen LogP contribution in [0, 0.1) is 11.8 Å². The highest BCUT2D eigenvalue weighted by molar-refractivity contribution is 14.0. The summed E-state index contributed by atoms with van der Waals surface area (Å²) in [7, 11) is 0. The average Bonchev–Trinajstić information content (AvgIpc) is 3.19. The van der Waals surface area contributed by atoms with E-state index in [1.807, 2.05) is 38.1 Å². The van der Waals surface area contributed by atoms with E-state index in [0.29, 0.717) is 24.9 Å². The van der Waals surface area contributed by atoms with E-state index in [9.17, 15) is 4.79 Å². The summed E-state index contributed by atoms with van der Waals surface area (Å²) in [6.45, 7) is 9.83. The van der Waals surface area contributed by atoms with Gasteiger partial charge < -0.3 is 16.0 Å². The molecule has 1 aromatic rings. The number of rotatable bonds is 7.